The Bertz CT molecular complexity index is 888. The van der Waals surface area contributed by atoms with Crippen molar-refractivity contribution >= 4 is 11.5 Å². The van der Waals surface area contributed by atoms with Crippen LogP contribution in [0.3, 0.4) is 0 Å². The van der Waals surface area contributed by atoms with Gasteiger partial charge in [-0.3, -0.25) is 4.90 Å². The second-order valence-electron chi connectivity index (χ2n) is 8.96. The molecule has 166 valence electrons. The first-order valence-corrected chi connectivity index (χ1v) is 11.6. The molecule has 0 aliphatic carbocycles. The zero-order valence-electron chi connectivity index (χ0n) is 18.9. The van der Waals surface area contributed by atoms with Crippen molar-refractivity contribution in [2.24, 2.45) is 0 Å². The first-order chi connectivity index (χ1) is 15.2. The Morgan fingerprint density at radius 2 is 1.61 bits per heavy atom. The van der Waals surface area contributed by atoms with Crippen LogP contribution in [-0.4, -0.2) is 98.9 Å². The largest absolute Gasteiger partial charge is 0.379 e. The van der Waals surface area contributed by atoms with Crippen LogP contribution in [0.2, 0.25) is 0 Å². The van der Waals surface area contributed by atoms with Crippen molar-refractivity contribution in [3.63, 3.8) is 0 Å². The highest BCUT2D eigenvalue weighted by molar-refractivity contribution is 5.65. The van der Waals surface area contributed by atoms with Crippen LogP contribution in [0, 0.1) is 6.92 Å². The molecule has 31 heavy (non-hydrogen) atoms. The minimum atomic E-state index is 0.847. The molecule has 1 aromatic carbocycles. The monoisotopic (exact) mass is 422 g/mol. The molecule has 4 heterocycles. The lowest BCUT2D eigenvalue weighted by Gasteiger charge is -2.34. The Morgan fingerprint density at radius 1 is 0.871 bits per heavy atom. The van der Waals surface area contributed by atoms with Gasteiger partial charge in [0.25, 0.3) is 0 Å². The Hall–Kier alpha value is -2.22. The predicted molar refractivity (Wildman–Crippen MR) is 125 cm³/mol. The van der Waals surface area contributed by atoms with Gasteiger partial charge in [-0.1, -0.05) is 0 Å². The molecule has 7 nitrogen and oxygen atoms in total. The standard InChI is InChI=1S/C24H34N6O/c1-19-22-7-8-30(14-11-28-15-17-31-18-16-28)24(22)26-23(25-19)20-3-5-21(6-4-20)29-12-9-27(2)10-13-29/h3-6H,7-18H2,1-2H3. The summed E-state index contributed by atoms with van der Waals surface area (Å²) >= 11 is 0. The van der Waals surface area contributed by atoms with Crippen LogP contribution in [0.4, 0.5) is 11.5 Å². The van der Waals surface area contributed by atoms with Crippen LogP contribution in [0.1, 0.15) is 11.3 Å². The number of hydrogen-bond acceptors (Lipinski definition) is 7. The lowest BCUT2D eigenvalue weighted by molar-refractivity contribution is 0.0392. The van der Waals surface area contributed by atoms with E-state index in [-0.39, 0.29) is 0 Å². The van der Waals surface area contributed by atoms with Crippen molar-refractivity contribution in [2.45, 2.75) is 13.3 Å². The van der Waals surface area contributed by atoms with Crippen molar-refractivity contribution in [2.75, 3.05) is 89.0 Å². The van der Waals surface area contributed by atoms with E-state index in [4.69, 9.17) is 14.7 Å². The number of anilines is 2. The van der Waals surface area contributed by atoms with Gasteiger partial charge in [-0.25, -0.2) is 9.97 Å². The van der Waals surface area contributed by atoms with Gasteiger partial charge >= 0.3 is 0 Å². The molecule has 5 rings (SSSR count). The summed E-state index contributed by atoms with van der Waals surface area (Å²) in [4.78, 5) is 19.7. The minimum absolute atomic E-state index is 0.847. The van der Waals surface area contributed by atoms with E-state index in [2.05, 4.69) is 57.8 Å². The normalized spacial score (nSPS) is 20.3. The first-order valence-electron chi connectivity index (χ1n) is 11.6. The van der Waals surface area contributed by atoms with E-state index in [1.807, 2.05) is 0 Å². The van der Waals surface area contributed by atoms with Crippen molar-refractivity contribution in [3.05, 3.63) is 35.5 Å². The third-order valence-corrected chi connectivity index (χ3v) is 6.91. The second kappa shape index (κ2) is 9.10. The number of morpholine rings is 1. The SMILES string of the molecule is Cc1nc(-c2ccc(N3CCN(C)CC3)cc2)nc2c1CCN2CCN1CCOCC1. The van der Waals surface area contributed by atoms with E-state index in [1.54, 1.807) is 0 Å². The summed E-state index contributed by atoms with van der Waals surface area (Å²) in [7, 11) is 2.19. The number of hydrogen-bond donors (Lipinski definition) is 0. The number of rotatable bonds is 5. The average Bonchev–Trinajstić information content (AvgIpc) is 3.23. The van der Waals surface area contributed by atoms with E-state index in [9.17, 15) is 0 Å². The molecule has 2 aromatic rings. The fraction of sp³-hybridized carbons (Fsp3) is 0.583. The van der Waals surface area contributed by atoms with Crippen LogP contribution >= 0.6 is 0 Å². The summed E-state index contributed by atoms with van der Waals surface area (Å²) in [5, 5.41) is 0. The predicted octanol–water partition coefficient (Wildman–Crippen LogP) is 1.90. The minimum Gasteiger partial charge on any atom is -0.379 e. The molecule has 0 N–H and O–H groups in total. The summed E-state index contributed by atoms with van der Waals surface area (Å²) < 4.78 is 5.48. The fourth-order valence-corrected chi connectivity index (χ4v) is 4.81. The third-order valence-electron chi connectivity index (χ3n) is 6.91. The summed E-state index contributed by atoms with van der Waals surface area (Å²) in [5.74, 6) is 1.98. The van der Waals surface area contributed by atoms with Gasteiger partial charge in [-0.05, 0) is 44.7 Å². The number of piperazine rings is 1. The van der Waals surface area contributed by atoms with Crippen molar-refractivity contribution < 1.29 is 4.74 Å². The molecule has 7 heteroatoms. The van der Waals surface area contributed by atoms with Gasteiger partial charge in [-0.2, -0.15) is 0 Å². The second-order valence-corrected chi connectivity index (χ2v) is 8.96. The fourth-order valence-electron chi connectivity index (χ4n) is 4.81. The molecule has 3 aliphatic rings. The number of nitrogens with zero attached hydrogens (tertiary/aromatic N) is 6. The van der Waals surface area contributed by atoms with Crippen molar-refractivity contribution in [3.8, 4) is 11.4 Å². The number of fused-ring (bicyclic) bond motifs is 1. The molecule has 0 unspecified atom stereocenters. The molecular formula is C24H34N6O. The molecule has 0 radical (unpaired) electrons. The van der Waals surface area contributed by atoms with E-state index in [0.29, 0.717) is 0 Å². The number of aryl methyl sites for hydroxylation is 1. The summed E-state index contributed by atoms with van der Waals surface area (Å²) in [6.07, 6.45) is 1.05. The average molecular weight is 423 g/mol. The van der Waals surface area contributed by atoms with Gasteiger partial charge in [0, 0.05) is 81.4 Å². The van der Waals surface area contributed by atoms with Gasteiger partial charge < -0.3 is 19.4 Å². The van der Waals surface area contributed by atoms with E-state index in [1.165, 1.54) is 11.3 Å². The smallest absolute Gasteiger partial charge is 0.161 e. The number of benzene rings is 1. The van der Waals surface area contributed by atoms with Gasteiger partial charge in [0.1, 0.15) is 5.82 Å². The van der Waals surface area contributed by atoms with Crippen LogP contribution < -0.4 is 9.80 Å². The molecule has 0 amide bonds. The highest BCUT2D eigenvalue weighted by Crippen LogP contribution is 2.31. The highest BCUT2D eigenvalue weighted by Gasteiger charge is 2.25. The Labute approximate surface area is 185 Å². The maximum Gasteiger partial charge on any atom is 0.161 e. The molecule has 2 fully saturated rings. The van der Waals surface area contributed by atoms with E-state index < -0.39 is 0 Å². The molecular weight excluding hydrogens is 388 g/mol. The molecule has 3 aliphatic heterocycles. The van der Waals surface area contributed by atoms with E-state index >= 15 is 0 Å². The van der Waals surface area contributed by atoms with Crippen LogP contribution in [0.5, 0.6) is 0 Å². The molecule has 0 spiro atoms. The van der Waals surface area contributed by atoms with Crippen molar-refractivity contribution in [1.29, 1.82) is 0 Å². The van der Waals surface area contributed by atoms with Gasteiger partial charge in [0.15, 0.2) is 5.82 Å². The maximum absolute atomic E-state index is 5.48. The Kier molecular flexibility index (Phi) is 6.07. The Morgan fingerprint density at radius 3 is 2.35 bits per heavy atom. The lowest BCUT2D eigenvalue weighted by atomic mass is 10.1. The van der Waals surface area contributed by atoms with Crippen LogP contribution in [0.25, 0.3) is 11.4 Å². The number of likely N-dealkylation sites (N-methyl/N-ethyl adjacent to an activating group) is 1. The summed E-state index contributed by atoms with van der Waals surface area (Å²) in [5.41, 5.74) is 4.84. The lowest BCUT2D eigenvalue weighted by Crippen LogP contribution is -2.44. The molecule has 0 bridgehead atoms. The highest BCUT2D eigenvalue weighted by atomic mass is 16.5. The third kappa shape index (κ3) is 4.54. The first kappa shape index (κ1) is 20.7. The number of ether oxygens (including phenoxy) is 1. The molecule has 1 aromatic heterocycles. The van der Waals surface area contributed by atoms with Gasteiger partial charge in [0.2, 0.25) is 0 Å². The number of aromatic nitrogens is 2. The topological polar surface area (TPSA) is 48.0 Å². The van der Waals surface area contributed by atoms with Gasteiger partial charge in [-0.15, -0.1) is 0 Å². The zero-order valence-corrected chi connectivity index (χ0v) is 18.9. The summed E-state index contributed by atoms with van der Waals surface area (Å²) in [6, 6.07) is 8.81. The zero-order chi connectivity index (χ0) is 21.2. The van der Waals surface area contributed by atoms with Crippen LogP contribution in [-0.2, 0) is 11.2 Å². The maximum atomic E-state index is 5.48. The molecule has 0 atom stereocenters. The van der Waals surface area contributed by atoms with Crippen molar-refractivity contribution in [1.82, 2.24) is 19.8 Å². The Balaban J connectivity index is 1.31. The quantitative estimate of drug-likeness (QED) is 0.729. The summed E-state index contributed by atoms with van der Waals surface area (Å²) in [6.45, 7) is 13.5. The van der Waals surface area contributed by atoms with Crippen LogP contribution in [0.15, 0.2) is 24.3 Å². The molecule has 0 saturated carbocycles. The molecule has 2 saturated heterocycles. The van der Waals surface area contributed by atoms with Gasteiger partial charge in [0.05, 0.1) is 13.2 Å². The van der Waals surface area contributed by atoms with E-state index in [0.717, 1.165) is 101 Å².